The number of nitrogens with zero attached hydrogens (tertiary/aromatic N) is 2. The van der Waals surface area contributed by atoms with Gasteiger partial charge in [-0.3, -0.25) is 19.1 Å². The van der Waals surface area contributed by atoms with Crippen molar-refractivity contribution in [3.05, 3.63) is 17.5 Å². The number of nitrogens with one attached hydrogen (secondary N) is 2. The van der Waals surface area contributed by atoms with E-state index in [-0.39, 0.29) is 11.8 Å². The number of hydrogen-bond acceptors (Lipinski definition) is 5. The number of amides is 2. The number of unbranched alkanes of at least 4 members (excludes halogenated alkanes) is 1. The summed E-state index contributed by atoms with van der Waals surface area (Å²) in [6.45, 7) is 2.49. The second-order valence-electron chi connectivity index (χ2n) is 7.70. The van der Waals surface area contributed by atoms with Gasteiger partial charge in [0, 0.05) is 13.1 Å². The fourth-order valence-corrected chi connectivity index (χ4v) is 3.75. The monoisotopic (exact) mass is 407 g/mol. The summed E-state index contributed by atoms with van der Waals surface area (Å²) >= 11 is 0. The standard InChI is InChI=1S/C20H33N5O4/c1-3-4-7-13-12-17(25(2)24-13)19(27)23-16(10-6-11-21)18(26)22-15-9-5-8-14(15)20(28)29/h12,14-16H,3-11,21H2,1-2H3,(H,22,26)(H,23,27)(H,28,29)/t14-,15+,16+/m1/s1. The molecule has 0 aromatic carbocycles. The first-order valence-corrected chi connectivity index (χ1v) is 10.4. The van der Waals surface area contributed by atoms with Crippen LogP contribution in [-0.4, -0.2) is 51.3 Å². The van der Waals surface area contributed by atoms with Crippen molar-refractivity contribution in [2.24, 2.45) is 18.7 Å². The molecular formula is C20H33N5O4. The van der Waals surface area contributed by atoms with Gasteiger partial charge in [-0.1, -0.05) is 19.8 Å². The van der Waals surface area contributed by atoms with Gasteiger partial charge in [-0.25, -0.2) is 0 Å². The highest BCUT2D eigenvalue weighted by molar-refractivity contribution is 5.96. The summed E-state index contributed by atoms with van der Waals surface area (Å²) in [7, 11) is 1.70. The van der Waals surface area contributed by atoms with Crippen LogP contribution in [0.15, 0.2) is 6.07 Å². The van der Waals surface area contributed by atoms with E-state index in [1.807, 2.05) is 0 Å². The van der Waals surface area contributed by atoms with Gasteiger partial charge in [-0.05, 0) is 51.1 Å². The van der Waals surface area contributed by atoms with Gasteiger partial charge in [-0.15, -0.1) is 0 Å². The minimum Gasteiger partial charge on any atom is -0.481 e. The first kappa shape index (κ1) is 22.9. The maximum atomic E-state index is 12.8. The Labute approximate surface area is 171 Å². The number of aliphatic carboxylic acids is 1. The number of aromatic nitrogens is 2. The van der Waals surface area contributed by atoms with E-state index in [1.54, 1.807) is 13.1 Å². The Morgan fingerprint density at radius 1 is 1.34 bits per heavy atom. The number of carbonyl (C=O) groups is 3. The van der Waals surface area contributed by atoms with Crippen molar-refractivity contribution in [3.63, 3.8) is 0 Å². The molecule has 162 valence electrons. The highest BCUT2D eigenvalue weighted by atomic mass is 16.4. The summed E-state index contributed by atoms with van der Waals surface area (Å²) in [5.41, 5.74) is 6.82. The molecule has 1 saturated carbocycles. The van der Waals surface area contributed by atoms with Gasteiger partial charge in [0.25, 0.3) is 5.91 Å². The maximum absolute atomic E-state index is 12.8. The quantitative estimate of drug-likeness (QED) is 0.431. The van der Waals surface area contributed by atoms with Crippen LogP contribution in [0.5, 0.6) is 0 Å². The molecule has 1 aromatic rings. The molecule has 29 heavy (non-hydrogen) atoms. The lowest BCUT2D eigenvalue weighted by molar-refractivity contribution is -0.142. The van der Waals surface area contributed by atoms with E-state index in [0.29, 0.717) is 37.9 Å². The van der Waals surface area contributed by atoms with Crippen LogP contribution in [-0.2, 0) is 23.1 Å². The maximum Gasteiger partial charge on any atom is 0.308 e. The Balaban J connectivity index is 2.05. The first-order chi connectivity index (χ1) is 13.9. The van der Waals surface area contributed by atoms with Gasteiger partial charge < -0.3 is 21.5 Å². The molecule has 2 amide bonds. The van der Waals surface area contributed by atoms with Crippen molar-refractivity contribution < 1.29 is 19.5 Å². The summed E-state index contributed by atoms with van der Waals surface area (Å²) in [4.78, 5) is 36.9. The first-order valence-electron chi connectivity index (χ1n) is 10.4. The molecule has 0 unspecified atom stereocenters. The van der Waals surface area contributed by atoms with Crippen LogP contribution in [0.4, 0.5) is 0 Å². The lowest BCUT2D eigenvalue weighted by atomic mass is 10.0. The largest absolute Gasteiger partial charge is 0.481 e. The molecule has 0 aliphatic heterocycles. The molecular weight excluding hydrogens is 374 g/mol. The van der Waals surface area contributed by atoms with Crippen LogP contribution in [0.25, 0.3) is 0 Å². The Bertz CT molecular complexity index is 718. The molecule has 1 aromatic heterocycles. The molecule has 2 rings (SSSR count). The van der Waals surface area contributed by atoms with E-state index in [2.05, 4.69) is 22.7 Å². The lowest BCUT2D eigenvalue weighted by Gasteiger charge is -2.23. The number of aryl methyl sites for hydroxylation is 2. The summed E-state index contributed by atoms with van der Waals surface area (Å²) < 4.78 is 1.52. The van der Waals surface area contributed by atoms with E-state index in [4.69, 9.17) is 5.73 Å². The molecule has 3 atom stereocenters. The summed E-state index contributed by atoms with van der Waals surface area (Å²) in [5, 5.41) is 19.3. The third kappa shape index (κ3) is 6.28. The third-order valence-electron chi connectivity index (χ3n) is 5.43. The van der Waals surface area contributed by atoms with E-state index in [0.717, 1.165) is 31.4 Å². The van der Waals surface area contributed by atoms with Gasteiger partial charge in [0.1, 0.15) is 11.7 Å². The Hall–Kier alpha value is -2.42. The molecule has 1 aliphatic carbocycles. The van der Waals surface area contributed by atoms with Crippen molar-refractivity contribution in [2.75, 3.05) is 6.54 Å². The topological polar surface area (TPSA) is 139 Å². The summed E-state index contributed by atoms with van der Waals surface area (Å²) in [6, 6.07) is 0.574. The minimum atomic E-state index is -0.898. The van der Waals surface area contributed by atoms with E-state index >= 15 is 0 Å². The Morgan fingerprint density at radius 2 is 2.10 bits per heavy atom. The zero-order chi connectivity index (χ0) is 21.4. The van der Waals surface area contributed by atoms with Gasteiger partial charge >= 0.3 is 5.97 Å². The van der Waals surface area contributed by atoms with Crippen molar-refractivity contribution in [1.29, 1.82) is 0 Å². The van der Waals surface area contributed by atoms with E-state index in [9.17, 15) is 19.5 Å². The number of rotatable bonds is 11. The van der Waals surface area contributed by atoms with Gasteiger partial charge in [0.2, 0.25) is 5.91 Å². The smallest absolute Gasteiger partial charge is 0.308 e. The fourth-order valence-electron chi connectivity index (χ4n) is 3.75. The lowest BCUT2D eigenvalue weighted by Crippen LogP contribution is -2.51. The van der Waals surface area contributed by atoms with Crippen molar-refractivity contribution in [1.82, 2.24) is 20.4 Å². The molecule has 0 spiro atoms. The third-order valence-corrected chi connectivity index (χ3v) is 5.43. The highest BCUT2D eigenvalue weighted by Crippen LogP contribution is 2.26. The average molecular weight is 408 g/mol. The summed E-state index contributed by atoms with van der Waals surface area (Å²) in [5.74, 6) is -2.22. The van der Waals surface area contributed by atoms with Gasteiger partial charge in [0.05, 0.1) is 11.6 Å². The molecule has 0 saturated heterocycles. The molecule has 0 bridgehead atoms. The molecule has 1 aliphatic rings. The fraction of sp³-hybridized carbons (Fsp3) is 0.700. The molecule has 9 nitrogen and oxygen atoms in total. The highest BCUT2D eigenvalue weighted by Gasteiger charge is 2.35. The predicted molar refractivity (Wildman–Crippen MR) is 108 cm³/mol. The molecule has 1 heterocycles. The van der Waals surface area contributed by atoms with Crippen molar-refractivity contribution >= 4 is 17.8 Å². The minimum absolute atomic E-state index is 0.363. The average Bonchev–Trinajstić information content (AvgIpc) is 3.29. The normalized spacial score (nSPS) is 19.7. The second-order valence-corrected chi connectivity index (χ2v) is 7.70. The SMILES string of the molecule is CCCCc1cc(C(=O)N[C@@H](CCCN)C(=O)N[C@H]2CCC[C@H]2C(=O)O)n(C)n1. The van der Waals surface area contributed by atoms with Crippen LogP contribution in [0, 0.1) is 5.92 Å². The second kappa shape index (κ2) is 10.9. The Kier molecular flexibility index (Phi) is 8.63. The number of carboxylic acid groups (broad SMARTS) is 1. The van der Waals surface area contributed by atoms with Crippen LogP contribution in [0.1, 0.15) is 68.1 Å². The zero-order valence-corrected chi connectivity index (χ0v) is 17.3. The Morgan fingerprint density at radius 3 is 2.76 bits per heavy atom. The summed E-state index contributed by atoms with van der Waals surface area (Å²) in [6.07, 6.45) is 5.73. The van der Waals surface area contributed by atoms with Crippen molar-refractivity contribution in [2.45, 2.75) is 70.4 Å². The van der Waals surface area contributed by atoms with Gasteiger partial charge in [0.15, 0.2) is 0 Å². The zero-order valence-electron chi connectivity index (χ0n) is 17.3. The number of carbonyl (C=O) groups excluding carboxylic acids is 2. The molecule has 0 radical (unpaired) electrons. The molecule has 1 fully saturated rings. The molecule has 9 heteroatoms. The van der Waals surface area contributed by atoms with Crippen LogP contribution in [0.2, 0.25) is 0 Å². The molecule has 5 N–H and O–H groups in total. The van der Waals surface area contributed by atoms with Crippen LogP contribution in [0.3, 0.4) is 0 Å². The predicted octanol–water partition coefficient (Wildman–Crippen LogP) is 0.970. The van der Waals surface area contributed by atoms with Crippen LogP contribution >= 0.6 is 0 Å². The van der Waals surface area contributed by atoms with E-state index in [1.165, 1.54) is 4.68 Å². The van der Waals surface area contributed by atoms with E-state index < -0.39 is 24.0 Å². The number of nitrogens with two attached hydrogens (primary N) is 1. The van der Waals surface area contributed by atoms with Crippen LogP contribution < -0.4 is 16.4 Å². The number of hydrogen-bond donors (Lipinski definition) is 4. The van der Waals surface area contributed by atoms with Gasteiger partial charge in [-0.2, -0.15) is 5.10 Å². The van der Waals surface area contributed by atoms with Crippen molar-refractivity contribution in [3.8, 4) is 0 Å². The number of carboxylic acids is 1.